The first-order valence-corrected chi connectivity index (χ1v) is 7.48. The number of halogens is 3. The number of thioether (sulfide) groups is 1. The molecule has 0 aliphatic carbocycles. The fourth-order valence-corrected chi connectivity index (χ4v) is 2.53. The van der Waals surface area contributed by atoms with Crippen molar-refractivity contribution in [3.05, 3.63) is 23.9 Å². The molecule has 1 saturated heterocycles. The molecule has 1 aromatic rings. The van der Waals surface area contributed by atoms with E-state index in [1.54, 1.807) is 0 Å². The second-order valence-corrected chi connectivity index (χ2v) is 5.61. The molecule has 0 saturated carbocycles. The Balaban J connectivity index is 1.73. The van der Waals surface area contributed by atoms with E-state index in [1.165, 1.54) is 6.07 Å². The molecule has 0 aromatic carbocycles. The molecule has 1 aliphatic heterocycles. The van der Waals surface area contributed by atoms with Crippen LogP contribution in [0.4, 0.5) is 13.2 Å². The average Bonchev–Trinajstić information content (AvgIpc) is 2.95. The van der Waals surface area contributed by atoms with Crippen molar-refractivity contribution in [2.24, 2.45) is 0 Å². The predicted octanol–water partition coefficient (Wildman–Crippen LogP) is 2.49. The van der Waals surface area contributed by atoms with Crippen LogP contribution >= 0.6 is 11.8 Å². The Morgan fingerprint density at radius 3 is 2.86 bits per heavy atom. The van der Waals surface area contributed by atoms with Crippen LogP contribution in [0.15, 0.2) is 23.4 Å². The number of nitrogens with zero attached hydrogens (tertiary/aromatic N) is 1. The van der Waals surface area contributed by atoms with Gasteiger partial charge in [0.15, 0.2) is 0 Å². The molecule has 0 spiro atoms. The third kappa shape index (κ3) is 5.20. The second kappa shape index (κ2) is 7.13. The quantitative estimate of drug-likeness (QED) is 0.847. The summed E-state index contributed by atoms with van der Waals surface area (Å²) in [6.45, 7) is 1.20. The summed E-state index contributed by atoms with van der Waals surface area (Å²) in [5.41, 5.74) is -0.797. The molecule has 1 amide bonds. The van der Waals surface area contributed by atoms with Crippen LogP contribution in [0.25, 0.3) is 0 Å². The van der Waals surface area contributed by atoms with Gasteiger partial charge in [-0.3, -0.25) is 4.79 Å². The van der Waals surface area contributed by atoms with Gasteiger partial charge in [0.2, 0.25) is 5.91 Å². The molecule has 8 heteroatoms. The maximum absolute atomic E-state index is 12.4. The van der Waals surface area contributed by atoms with Gasteiger partial charge in [0, 0.05) is 19.3 Å². The van der Waals surface area contributed by atoms with Crippen molar-refractivity contribution in [2.75, 3.05) is 18.9 Å². The van der Waals surface area contributed by atoms with Gasteiger partial charge in [-0.2, -0.15) is 13.2 Å². The van der Waals surface area contributed by atoms with Gasteiger partial charge in [0.05, 0.1) is 22.4 Å². The van der Waals surface area contributed by atoms with Crippen LogP contribution in [0.2, 0.25) is 0 Å². The summed E-state index contributed by atoms with van der Waals surface area (Å²) in [6.07, 6.45) is -1.61. The van der Waals surface area contributed by atoms with E-state index < -0.39 is 11.7 Å². The predicted molar refractivity (Wildman–Crippen MR) is 71.9 cm³/mol. The molecule has 1 aromatic heterocycles. The van der Waals surface area contributed by atoms with Crippen LogP contribution in [0, 0.1) is 0 Å². The maximum Gasteiger partial charge on any atom is 0.417 e. The van der Waals surface area contributed by atoms with E-state index in [0.717, 1.165) is 43.5 Å². The van der Waals surface area contributed by atoms with Crippen LogP contribution in [-0.2, 0) is 15.7 Å². The number of carbonyl (C=O) groups is 1. The zero-order valence-electron chi connectivity index (χ0n) is 11.2. The molecule has 2 heterocycles. The molecule has 0 unspecified atom stereocenters. The number of alkyl halides is 3. The first-order valence-electron chi connectivity index (χ1n) is 6.49. The number of hydrogen-bond donors (Lipinski definition) is 1. The number of nitrogens with one attached hydrogen (secondary N) is 1. The van der Waals surface area contributed by atoms with Crippen molar-refractivity contribution in [1.82, 2.24) is 10.3 Å². The van der Waals surface area contributed by atoms with E-state index in [1.807, 2.05) is 0 Å². The largest absolute Gasteiger partial charge is 0.417 e. The highest BCUT2D eigenvalue weighted by molar-refractivity contribution is 7.99. The number of carbonyl (C=O) groups excluding carboxylic acids is 1. The van der Waals surface area contributed by atoms with Gasteiger partial charge in [0.1, 0.15) is 0 Å². The number of rotatable bonds is 5. The lowest BCUT2D eigenvalue weighted by Gasteiger charge is -2.10. The van der Waals surface area contributed by atoms with Crippen molar-refractivity contribution in [3.8, 4) is 0 Å². The van der Waals surface area contributed by atoms with Crippen LogP contribution in [0.3, 0.4) is 0 Å². The summed E-state index contributed by atoms with van der Waals surface area (Å²) in [5.74, 6) is -0.0670. The summed E-state index contributed by atoms with van der Waals surface area (Å²) in [5, 5.41) is 3.12. The van der Waals surface area contributed by atoms with Crippen molar-refractivity contribution < 1.29 is 22.7 Å². The standard InChI is InChI=1S/C13H15F3N2O2S/c14-13(15,16)9-3-4-12(18-6-9)21-8-11(19)17-7-10-2-1-5-20-10/h3-4,6,10H,1-2,5,7-8H2,(H,17,19)/t10-/m0/s1. The third-order valence-corrected chi connectivity index (χ3v) is 3.91. The lowest BCUT2D eigenvalue weighted by molar-refractivity contribution is -0.137. The average molecular weight is 320 g/mol. The molecule has 1 N–H and O–H groups in total. The van der Waals surface area contributed by atoms with Gasteiger partial charge < -0.3 is 10.1 Å². The van der Waals surface area contributed by atoms with Gasteiger partial charge in [-0.25, -0.2) is 4.98 Å². The minimum Gasteiger partial charge on any atom is -0.376 e. The molecular weight excluding hydrogens is 305 g/mol. The van der Waals surface area contributed by atoms with Crippen LogP contribution in [0.1, 0.15) is 18.4 Å². The van der Waals surface area contributed by atoms with E-state index in [2.05, 4.69) is 10.3 Å². The minimum absolute atomic E-state index is 0.0724. The molecule has 21 heavy (non-hydrogen) atoms. The van der Waals surface area contributed by atoms with Gasteiger partial charge in [-0.1, -0.05) is 11.8 Å². The minimum atomic E-state index is -4.39. The number of amides is 1. The van der Waals surface area contributed by atoms with E-state index in [9.17, 15) is 18.0 Å². The van der Waals surface area contributed by atoms with Gasteiger partial charge >= 0.3 is 6.18 Å². The monoisotopic (exact) mass is 320 g/mol. The van der Waals surface area contributed by atoms with Crippen LogP contribution in [-0.4, -0.2) is 35.9 Å². The summed E-state index contributed by atoms with van der Waals surface area (Å²) < 4.78 is 42.4. The van der Waals surface area contributed by atoms with Gasteiger partial charge in [-0.05, 0) is 25.0 Å². The highest BCUT2D eigenvalue weighted by atomic mass is 32.2. The Labute approximate surface area is 124 Å². The number of pyridine rings is 1. The Bertz CT molecular complexity index is 473. The van der Waals surface area contributed by atoms with E-state index in [0.29, 0.717) is 11.6 Å². The molecule has 116 valence electrons. The fraction of sp³-hybridized carbons (Fsp3) is 0.538. The first kappa shape index (κ1) is 16.1. The summed E-state index contributed by atoms with van der Waals surface area (Å²) >= 11 is 1.10. The third-order valence-electron chi connectivity index (χ3n) is 2.97. The van der Waals surface area contributed by atoms with Crippen molar-refractivity contribution >= 4 is 17.7 Å². The van der Waals surface area contributed by atoms with Crippen molar-refractivity contribution in [2.45, 2.75) is 30.1 Å². The van der Waals surface area contributed by atoms with E-state index >= 15 is 0 Å². The summed E-state index contributed by atoms with van der Waals surface area (Å²) in [7, 11) is 0. The summed E-state index contributed by atoms with van der Waals surface area (Å²) in [4.78, 5) is 15.3. The number of hydrogen-bond acceptors (Lipinski definition) is 4. The summed E-state index contributed by atoms with van der Waals surface area (Å²) in [6, 6.07) is 2.22. The van der Waals surface area contributed by atoms with Gasteiger partial charge in [-0.15, -0.1) is 0 Å². The van der Waals surface area contributed by atoms with Crippen molar-refractivity contribution in [1.29, 1.82) is 0 Å². The highest BCUT2D eigenvalue weighted by Gasteiger charge is 2.30. The number of aromatic nitrogens is 1. The smallest absolute Gasteiger partial charge is 0.376 e. The van der Waals surface area contributed by atoms with Gasteiger partial charge in [0.25, 0.3) is 0 Å². The molecule has 4 nitrogen and oxygen atoms in total. The molecule has 1 atom stereocenters. The molecular formula is C13H15F3N2O2S. The Hall–Kier alpha value is -1.28. The lowest BCUT2D eigenvalue weighted by atomic mass is 10.2. The Morgan fingerprint density at radius 1 is 1.48 bits per heavy atom. The zero-order valence-corrected chi connectivity index (χ0v) is 12.0. The van der Waals surface area contributed by atoms with Crippen molar-refractivity contribution in [3.63, 3.8) is 0 Å². The first-order chi connectivity index (χ1) is 9.95. The lowest BCUT2D eigenvalue weighted by Crippen LogP contribution is -2.32. The second-order valence-electron chi connectivity index (χ2n) is 4.61. The molecule has 1 aliphatic rings. The molecule has 2 rings (SSSR count). The highest BCUT2D eigenvalue weighted by Crippen LogP contribution is 2.29. The Morgan fingerprint density at radius 2 is 2.29 bits per heavy atom. The SMILES string of the molecule is O=C(CSc1ccc(C(F)(F)F)cn1)NC[C@@H]1CCCO1. The van der Waals surface area contributed by atoms with Crippen LogP contribution in [0.5, 0.6) is 0 Å². The maximum atomic E-state index is 12.4. The Kier molecular flexibility index (Phi) is 5.46. The topological polar surface area (TPSA) is 51.2 Å². The number of ether oxygens (including phenoxy) is 1. The normalized spacial score (nSPS) is 18.7. The van der Waals surface area contributed by atoms with E-state index in [-0.39, 0.29) is 17.8 Å². The zero-order chi connectivity index (χ0) is 15.3. The van der Waals surface area contributed by atoms with Crippen LogP contribution < -0.4 is 5.32 Å². The van der Waals surface area contributed by atoms with E-state index in [4.69, 9.17) is 4.74 Å². The fourth-order valence-electron chi connectivity index (χ4n) is 1.86. The molecule has 1 fully saturated rings. The molecule has 0 radical (unpaired) electrons. The molecule has 0 bridgehead atoms.